The van der Waals surface area contributed by atoms with Crippen molar-refractivity contribution in [2.24, 2.45) is 0 Å². The topological polar surface area (TPSA) is 44.2 Å². The van der Waals surface area contributed by atoms with Crippen molar-refractivity contribution in [1.82, 2.24) is 4.90 Å². The molecule has 3 nitrogen and oxygen atoms in total. The van der Waals surface area contributed by atoms with Gasteiger partial charge in [-0.3, -0.25) is 15.1 Å². The van der Waals surface area contributed by atoms with E-state index in [0.29, 0.717) is 10.9 Å². The molecule has 1 aliphatic heterocycles. The second-order valence-electron chi connectivity index (χ2n) is 1.55. The van der Waals surface area contributed by atoms with Gasteiger partial charge in [0.2, 0.25) is 5.91 Å². The number of amides is 1. The zero-order chi connectivity index (χ0) is 6.15. The molecule has 0 saturated carbocycles. The van der Waals surface area contributed by atoms with Gasteiger partial charge in [0.05, 0.1) is 5.75 Å². The van der Waals surface area contributed by atoms with Gasteiger partial charge >= 0.3 is 0 Å². The van der Waals surface area contributed by atoms with E-state index >= 15 is 0 Å². The van der Waals surface area contributed by atoms with Crippen molar-refractivity contribution in [3.63, 3.8) is 0 Å². The zero-order valence-electron chi connectivity index (χ0n) is 4.47. The quantitative estimate of drug-likeness (QED) is 0.506. The van der Waals surface area contributed by atoms with Gasteiger partial charge in [0, 0.05) is 7.05 Å². The number of thioether (sulfide) groups is 1. The summed E-state index contributed by atoms with van der Waals surface area (Å²) in [5.41, 5.74) is 0. The van der Waals surface area contributed by atoms with Crippen LogP contribution >= 0.6 is 11.8 Å². The molecule has 0 atom stereocenters. The highest BCUT2D eigenvalue weighted by Crippen LogP contribution is 2.14. The summed E-state index contributed by atoms with van der Waals surface area (Å²) < 4.78 is 0. The minimum atomic E-state index is 0.0278. The van der Waals surface area contributed by atoms with Crippen molar-refractivity contribution in [1.29, 1.82) is 5.41 Å². The van der Waals surface area contributed by atoms with Crippen molar-refractivity contribution in [2.45, 2.75) is 0 Å². The number of rotatable bonds is 0. The van der Waals surface area contributed by atoms with Crippen LogP contribution in [-0.2, 0) is 4.79 Å². The van der Waals surface area contributed by atoms with E-state index < -0.39 is 0 Å². The highest BCUT2D eigenvalue weighted by Gasteiger charge is 2.21. The van der Waals surface area contributed by atoms with Crippen molar-refractivity contribution in [2.75, 3.05) is 12.8 Å². The van der Waals surface area contributed by atoms with Crippen molar-refractivity contribution >= 4 is 22.8 Å². The largest absolute Gasteiger partial charge is 0.294 e. The van der Waals surface area contributed by atoms with Crippen LogP contribution in [0.2, 0.25) is 0 Å². The Balaban J connectivity index is 2.70. The first-order valence-electron chi connectivity index (χ1n) is 2.19. The SMILES string of the molecule is CN1C(=N)SCC1=O. The fraction of sp³-hybridized carbons (Fsp3) is 0.500. The normalized spacial score (nSPS) is 20.4. The molecule has 44 valence electrons. The maximum absolute atomic E-state index is 10.5. The van der Waals surface area contributed by atoms with E-state index in [2.05, 4.69) is 0 Å². The summed E-state index contributed by atoms with van der Waals surface area (Å²) in [6.45, 7) is 0. The van der Waals surface area contributed by atoms with Crippen LogP contribution in [-0.4, -0.2) is 28.8 Å². The Labute approximate surface area is 51.6 Å². The Bertz CT molecular complexity index is 129. The van der Waals surface area contributed by atoms with E-state index in [1.165, 1.54) is 16.7 Å². The van der Waals surface area contributed by atoms with Crippen LogP contribution in [0.25, 0.3) is 0 Å². The van der Waals surface area contributed by atoms with Crippen LogP contribution in [0.1, 0.15) is 0 Å². The molecule has 1 aliphatic rings. The van der Waals surface area contributed by atoms with E-state index in [9.17, 15) is 4.79 Å². The summed E-state index contributed by atoms with van der Waals surface area (Å²) in [5.74, 6) is 0.468. The molecular formula is C4H6N2OS. The smallest absolute Gasteiger partial charge is 0.238 e. The Morgan fingerprint density at radius 2 is 2.50 bits per heavy atom. The van der Waals surface area contributed by atoms with Gasteiger partial charge < -0.3 is 0 Å². The van der Waals surface area contributed by atoms with Crippen molar-refractivity contribution < 1.29 is 4.79 Å². The average molecular weight is 130 g/mol. The van der Waals surface area contributed by atoms with Crippen LogP contribution in [0.4, 0.5) is 0 Å². The minimum absolute atomic E-state index is 0.0278. The number of amidine groups is 1. The van der Waals surface area contributed by atoms with Gasteiger partial charge in [-0.25, -0.2) is 0 Å². The van der Waals surface area contributed by atoms with Crippen LogP contribution in [0, 0.1) is 5.41 Å². The van der Waals surface area contributed by atoms with Gasteiger partial charge in [-0.05, 0) is 0 Å². The molecule has 1 heterocycles. The summed E-state index contributed by atoms with van der Waals surface area (Å²) in [4.78, 5) is 11.9. The first kappa shape index (κ1) is 5.62. The number of carbonyl (C=O) groups is 1. The number of hydrogen-bond acceptors (Lipinski definition) is 3. The van der Waals surface area contributed by atoms with Gasteiger partial charge in [0.1, 0.15) is 0 Å². The fourth-order valence-corrected chi connectivity index (χ4v) is 1.19. The lowest BCUT2D eigenvalue weighted by Gasteiger charge is -2.03. The molecule has 0 aliphatic carbocycles. The molecule has 8 heavy (non-hydrogen) atoms. The molecule has 1 amide bonds. The first-order valence-corrected chi connectivity index (χ1v) is 3.18. The van der Waals surface area contributed by atoms with E-state index in [0.717, 1.165) is 0 Å². The number of nitrogens with zero attached hydrogens (tertiary/aromatic N) is 1. The maximum atomic E-state index is 10.5. The zero-order valence-corrected chi connectivity index (χ0v) is 5.29. The van der Waals surface area contributed by atoms with E-state index in [1.807, 2.05) is 0 Å². The fourth-order valence-electron chi connectivity index (χ4n) is 0.437. The third-order valence-corrected chi connectivity index (χ3v) is 1.95. The highest BCUT2D eigenvalue weighted by atomic mass is 32.2. The molecule has 0 bridgehead atoms. The van der Waals surface area contributed by atoms with E-state index in [4.69, 9.17) is 5.41 Å². The molecule has 4 heteroatoms. The predicted octanol–water partition coefficient (Wildman–Crippen LogP) is 0.126. The number of carbonyl (C=O) groups excluding carboxylic acids is 1. The molecule has 1 rings (SSSR count). The Morgan fingerprint density at radius 1 is 1.88 bits per heavy atom. The van der Waals surface area contributed by atoms with Gasteiger partial charge in [-0.1, -0.05) is 11.8 Å². The molecule has 0 radical (unpaired) electrons. The molecule has 0 aromatic heterocycles. The lowest BCUT2D eigenvalue weighted by Crippen LogP contribution is -2.23. The third kappa shape index (κ3) is 0.709. The molecule has 0 unspecified atom stereocenters. The first-order chi connectivity index (χ1) is 3.72. The summed E-state index contributed by atoms with van der Waals surface area (Å²) in [6, 6.07) is 0. The van der Waals surface area contributed by atoms with Gasteiger partial charge in [-0.2, -0.15) is 0 Å². The molecule has 1 fully saturated rings. The van der Waals surface area contributed by atoms with Crippen molar-refractivity contribution in [3.05, 3.63) is 0 Å². The van der Waals surface area contributed by atoms with Gasteiger partial charge in [0.15, 0.2) is 5.17 Å². The van der Waals surface area contributed by atoms with Crippen molar-refractivity contribution in [3.8, 4) is 0 Å². The van der Waals surface area contributed by atoms with Crippen LogP contribution in [0.5, 0.6) is 0 Å². The molecule has 0 spiro atoms. The Kier molecular flexibility index (Phi) is 1.25. The summed E-state index contributed by atoms with van der Waals surface area (Å²) in [6.07, 6.45) is 0. The summed E-state index contributed by atoms with van der Waals surface area (Å²) in [7, 11) is 1.62. The third-order valence-electron chi connectivity index (χ3n) is 1.01. The standard InChI is InChI=1S/C4H6N2OS/c1-6-3(7)2-8-4(6)5/h5H,2H2,1H3. The average Bonchev–Trinajstić information content (AvgIpc) is 1.98. The molecule has 1 saturated heterocycles. The summed E-state index contributed by atoms with van der Waals surface area (Å²) >= 11 is 1.27. The van der Waals surface area contributed by atoms with Crippen LogP contribution < -0.4 is 0 Å². The van der Waals surface area contributed by atoms with Gasteiger partial charge in [0.25, 0.3) is 0 Å². The van der Waals surface area contributed by atoms with Gasteiger partial charge in [-0.15, -0.1) is 0 Å². The monoisotopic (exact) mass is 130 g/mol. The Hall–Kier alpha value is -0.510. The van der Waals surface area contributed by atoms with Crippen LogP contribution in [0.15, 0.2) is 0 Å². The predicted molar refractivity (Wildman–Crippen MR) is 33.0 cm³/mol. The summed E-state index contributed by atoms with van der Waals surface area (Å²) in [5, 5.41) is 7.41. The van der Waals surface area contributed by atoms with E-state index in [-0.39, 0.29) is 5.91 Å². The lowest BCUT2D eigenvalue weighted by atomic mass is 10.6. The molecular weight excluding hydrogens is 124 g/mol. The second kappa shape index (κ2) is 1.78. The minimum Gasteiger partial charge on any atom is -0.294 e. The molecule has 0 aromatic carbocycles. The molecule has 0 aromatic rings. The lowest BCUT2D eigenvalue weighted by molar-refractivity contribution is -0.123. The highest BCUT2D eigenvalue weighted by molar-refractivity contribution is 8.14. The van der Waals surface area contributed by atoms with Crippen LogP contribution in [0.3, 0.4) is 0 Å². The van der Waals surface area contributed by atoms with E-state index in [1.54, 1.807) is 7.05 Å². The number of hydrogen-bond donors (Lipinski definition) is 1. The Morgan fingerprint density at radius 3 is 2.62 bits per heavy atom. The number of nitrogens with one attached hydrogen (secondary N) is 1. The second-order valence-corrected chi connectivity index (χ2v) is 2.51. The molecule has 1 N–H and O–H groups in total. The maximum Gasteiger partial charge on any atom is 0.238 e.